The first kappa shape index (κ1) is 16.8. The molecule has 0 aliphatic carbocycles. The number of carboxylic acids is 1. The number of halogens is 4. The Labute approximate surface area is 123 Å². The average Bonchev–Trinajstić information content (AvgIpc) is 2.37. The van der Waals surface area contributed by atoms with E-state index in [0.29, 0.717) is 5.56 Å². The summed E-state index contributed by atoms with van der Waals surface area (Å²) in [7, 11) is 0. The average molecular weight is 320 g/mol. The lowest BCUT2D eigenvalue weighted by Gasteiger charge is -2.09. The molecule has 0 radical (unpaired) electrons. The number of aromatic carboxylic acids is 1. The predicted molar refractivity (Wildman–Crippen MR) is 70.6 cm³/mol. The highest BCUT2D eigenvalue weighted by molar-refractivity contribution is 5.88. The van der Waals surface area contributed by atoms with Crippen LogP contribution in [-0.4, -0.2) is 22.4 Å². The van der Waals surface area contributed by atoms with Crippen LogP contribution in [0.1, 0.15) is 10.4 Å². The van der Waals surface area contributed by atoms with Crippen LogP contribution in [0, 0.1) is 0 Å². The molecule has 0 bridgehead atoms. The van der Waals surface area contributed by atoms with Gasteiger partial charge in [0, 0.05) is 17.8 Å². The van der Waals surface area contributed by atoms with Gasteiger partial charge in [-0.2, -0.15) is 0 Å². The highest BCUT2D eigenvalue weighted by atomic mass is 35.5. The summed E-state index contributed by atoms with van der Waals surface area (Å²) in [5, 5.41) is 8.76. The summed E-state index contributed by atoms with van der Waals surface area (Å²) in [6, 6.07) is 7.82. The minimum atomic E-state index is -4.77. The van der Waals surface area contributed by atoms with Crippen LogP contribution < -0.4 is 4.74 Å². The van der Waals surface area contributed by atoms with Gasteiger partial charge >= 0.3 is 12.3 Å². The van der Waals surface area contributed by atoms with E-state index < -0.39 is 12.3 Å². The third-order valence-electron chi connectivity index (χ3n) is 2.39. The Kier molecular flexibility index (Phi) is 5.15. The highest BCUT2D eigenvalue weighted by Crippen LogP contribution is 2.26. The van der Waals surface area contributed by atoms with Gasteiger partial charge in [-0.3, -0.25) is 4.98 Å². The number of rotatable bonds is 3. The molecule has 1 heterocycles. The van der Waals surface area contributed by atoms with E-state index in [9.17, 15) is 18.0 Å². The van der Waals surface area contributed by atoms with Crippen molar-refractivity contribution < 1.29 is 27.8 Å². The zero-order valence-electron chi connectivity index (χ0n) is 10.3. The van der Waals surface area contributed by atoms with Gasteiger partial charge in [-0.25, -0.2) is 4.79 Å². The van der Waals surface area contributed by atoms with Crippen molar-refractivity contribution in [3.63, 3.8) is 0 Å². The van der Waals surface area contributed by atoms with Gasteiger partial charge in [0.15, 0.2) is 0 Å². The number of aromatic nitrogens is 1. The number of hydrogen-bond donors (Lipinski definition) is 1. The molecule has 0 aliphatic rings. The second kappa shape index (κ2) is 6.45. The van der Waals surface area contributed by atoms with Crippen molar-refractivity contribution in [1.29, 1.82) is 0 Å². The Morgan fingerprint density at radius 3 is 2.29 bits per heavy atom. The first-order valence-electron chi connectivity index (χ1n) is 5.41. The molecule has 2 aromatic rings. The summed E-state index contributed by atoms with van der Waals surface area (Å²) < 4.78 is 40.1. The minimum Gasteiger partial charge on any atom is -0.478 e. The summed E-state index contributed by atoms with van der Waals surface area (Å²) >= 11 is 0. The Morgan fingerprint density at radius 2 is 1.76 bits per heavy atom. The molecule has 8 heteroatoms. The Morgan fingerprint density at radius 1 is 1.14 bits per heavy atom. The van der Waals surface area contributed by atoms with Crippen molar-refractivity contribution in [3.05, 3.63) is 48.2 Å². The summed E-state index contributed by atoms with van der Waals surface area (Å²) in [4.78, 5) is 14.6. The molecule has 0 unspecified atom stereocenters. The second-order valence-corrected chi connectivity index (χ2v) is 3.81. The van der Waals surface area contributed by atoms with Gasteiger partial charge in [-0.05, 0) is 18.2 Å². The summed E-state index contributed by atoms with van der Waals surface area (Å²) in [5.41, 5.74) is 0.822. The van der Waals surface area contributed by atoms with Gasteiger partial charge in [0.05, 0.1) is 11.3 Å². The van der Waals surface area contributed by atoms with Crippen LogP contribution in [0.25, 0.3) is 11.3 Å². The number of nitrogens with zero attached hydrogens (tertiary/aromatic N) is 1. The second-order valence-electron chi connectivity index (χ2n) is 3.81. The number of alkyl halides is 3. The van der Waals surface area contributed by atoms with Crippen molar-refractivity contribution in [1.82, 2.24) is 4.98 Å². The third kappa shape index (κ3) is 4.64. The maximum absolute atomic E-state index is 12.1. The molecule has 1 N–H and O–H groups in total. The van der Waals surface area contributed by atoms with Gasteiger partial charge in [0.1, 0.15) is 5.75 Å². The molecule has 0 atom stereocenters. The topological polar surface area (TPSA) is 59.4 Å². The quantitative estimate of drug-likeness (QED) is 0.935. The fraction of sp³-hybridized carbons (Fsp3) is 0.0769. The fourth-order valence-electron chi connectivity index (χ4n) is 1.55. The molecule has 1 aromatic heterocycles. The van der Waals surface area contributed by atoms with Gasteiger partial charge in [-0.1, -0.05) is 12.1 Å². The molecule has 0 saturated carbocycles. The normalized spacial score (nSPS) is 10.6. The molecular weight excluding hydrogens is 311 g/mol. The Bertz CT molecular complexity index is 629. The van der Waals surface area contributed by atoms with E-state index in [1.807, 2.05) is 0 Å². The fourth-order valence-corrected chi connectivity index (χ4v) is 1.55. The number of carbonyl (C=O) groups is 1. The van der Waals surface area contributed by atoms with Crippen molar-refractivity contribution >= 4 is 18.4 Å². The van der Waals surface area contributed by atoms with Gasteiger partial charge in [0.25, 0.3) is 0 Å². The Balaban J connectivity index is 0.00000220. The lowest BCUT2D eigenvalue weighted by Crippen LogP contribution is -2.17. The highest BCUT2D eigenvalue weighted by Gasteiger charge is 2.31. The van der Waals surface area contributed by atoms with Crippen LogP contribution in [0.2, 0.25) is 0 Å². The van der Waals surface area contributed by atoms with Crippen LogP contribution >= 0.6 is 12.4 Å². The van der Waals surface area contributed by atoms with Crippen molar-refractivity contribution in [3.8, 4) is 17.0 Å². The van der Waals surface area contributed by atoms with Gasteiger partial charge in [0.2, 0.25) is 0 Å². The molecule has 4 nitrogen and oxygen atoms in total. The van der Waals surface area contributed by atoms with Crippen molar-refractivity contribution in [2.75, 3.05) is 0 Å². The molecule has 0 spiro atoms. The molecule has 112 valence electrons. The largest absolute Gasteiger partial charge is 0.573 e. The van der Waals surface area contributed by atoms with E-state index in [1.54, 1.807) is 0 Å². The number of carboxylic acid groups (broad SMARTS) is 1. The van der Waals surface area contributed by atoms with Gasteiger partial charge < -0.3 is 9.84 Å². The van der Waals surface area contributed by atoms with E-state index in [0.717, 1.165) is 12.1 Å². The zero-order chi connectivity index (χ0) is 14.8. The lowest BCUT2D eigenvalue weighted by atomic mass is 10.1. The van der Waals surface area contributed by atoms with Crippen LogP contribution in [0.5, 0.6) is 5.75 Å². The molecule has 0 aliphatic heterocycles. The van der Waals surface area contributed by atoms with E-state index in [4.69, 9.17) is 5.11 Å². The molecule has 21 heavy (non-hydrogen) atoms. The van der Waals surface area contributed by atoms with E-state index in [1.165, 1.54) is 30.5 Å². The van der Waals surface area contributed by atoms with Crippen LogP contribution in [0.4, 0.5) is 13.2 Å². The summed E-state index contributed by atoms with van der Waals surface area (Å²) in [5.74, 6) is -1.47. The predicted octanol–water partition coefficient (Wildman–Crippen LogP) is 3.77. The summed E-state index contributed by atoms with van der Waals surface area (Å²) in [6.45, 7) is 0. The number of ether oxygens (including phenoxy) is 1. The molecule has 2 rings (SSSR count). The zero-order valence-corrected chi connectivity index (χ0v) is 11.1. The molecule has 0 amide bonds. The van der Waals surface area contributed by atoms with Crippen molar-refractivity contribution in [2.45, 2.75) is 6.36 Å². The van der Waals surface area contributed by atoms with E-state index >= 15 is 0 Å². The van der Waals surface area contributed by atoms with E-state index in [2.05, 4.69) is 9.72 Å². The van der Waals surface area contributed by atoms with E-state index in [-0.39, 0.29) is 29.4 Å². The standard InChI is InChI=1S/C13H8F3NO3.ClH/c14-13(15,16)20-10-5-6-17-11(7-10)8-1-3-9(4-2-8)12(18)19;/h1-7H,(H,18,19);1H. The Hall–Kier alpha value is -2.28. The number of pyridine rings is 1. The molecule has 0 saturated heterocycles. The molecule has 1 aromatic carbocycles. The smallest absolute Gasteiger partial charge is 0.478 e. The van der Waals surface area contributed by atoms with Crippen LogP contribution in [0.3, 0.4) is 0 Å². The van der Waals surface area contributed by atoms with Crippen LogP contribution in [0.15, 0.2) is 42.6 Å². The monoisotopic (exact) mass is 319 g/mol. The minimum absolute atomic E-state index is 0. The van der Waals surface area contributed by atoms with Crippen molar-refractivity contribution in [2.24, 2.45) is 0 Å². The third-order valence-corrected chi connectivity index (χ3v) is 2.39. The van der Waals surface area contributed by atoms with Gasteiger partial charge in [-0.15, -0.1) is 25.6 Å². The maximum atomic E-state index is 12.1. The molecule has 0 fully saturated rings. The van der Waals surface area contributed by atoms with Crippen LogP contribution in [-0.2, 0) is 0 Å². The SMILES string of the molecule is Cl.O=C(O)c1ccc(-c2cc(OC(F)(F)F)ccn2)cc1. The maximum Gasteiger partial charge on any atom is 0.573 e. The first-order chi connectivity index (χ1) is 9.35. The number of hydrogen-bond acceptors (Lipinski definition) is 3. The summed E-state index contributed by atoms with van der Waals surface area (Å²) in [6.07, 6.45) is -3.59. The number of benzene rings is 1. The lowest BCUT2D eigenvalue weighted by molar-refractivity contribution is -0.274. The molecular formula is C13H9ClF3NO3. The first-order valence-corrected chi connectivity index (χ1v) is 5.41.